The van der Waals surface area contributed by atoms with E-state index < -0.39 is 11.9 Å². The van der Waals surface area contributed by atoms with Crippen molar-refractivity contribution in [3.8, 4) is 0 Å². The van der Waals surface area contributed by atoms with Crippen LogP contribution in [-0.4, -0.2) is 23.2 Å². The third-order valence-corrected chi connectivity index (χ3v) is 3.78. The van der Waals surface area contributed by atoms with E-state index in [0.717, 1.165) is 17.7 Å². The molecule has 0 atom stereocenters. The average molecular weight is 389 g/mol. The first kappa shape index (κ1) is 23.1. The van der Waals surface area contributed by atoms with Crippen LogP contribution in [0.3, 0.4) is 0 Å². The van der Waals surface area contributed by atoms with E-state index in [0.29, 0.717) is 31.5 Å². The lowest BCUT2D eigenvalue weighted by Crippen LogP contribution is -2.15. The third kappa shape index (κ3) is 10.3. The van der Waals surface area contributed by atoms with E-state index >= 15 is 0 Å². The number of carboxylic acids is 1. The second-order valence-electron chi connectivity index (χ2n) is 6.22. The quantitative estimate of drug-likeness (QED) is 0.272. The molecule has 1 aromatic rings. The van der Waals surface area contributed by atoms with Crippen LogP contribution in [0.4, 0.5) is 4.39 Å². The molecule has 1 rings (SSSR count). The first-order valence-corrected chi connectivity index (χ1v) is 9.34. The summed E-state index contributed by atoms with van der Waals surface area (Å²) >= 11 is 0. The Kier molecular flexibility index (Phi) is 10.9. The van der Waals surface area contributed by atoms with Crippen LogP contribution < -0.4 is 11.1 Å². The number of unbranched alkanes of at least 4 members (excludes halogenated alkanes) is 2. The molecule has 0 saturated heterocycles. The maximum absolute atomic E-state index is 13.0. The Morgan fingerprint density at radius 3 is 2.54 bits per heavy atom. The van der Waals surface area contributed by atoms with Crippen molar-refractivity contribution in [3.63, 3.8) is 0 Å². The number of carbonyl (C=O) groups is 2. The van der Waals surface area contributed by atoms with Crippen molar-refractivity contribution >= 4 is 18.1 Å². The number of nitrogens with one attached hydrogen (secondary N) is 1. The third-order valence-electron chi connectivity index (χ3n) is 3.78. The molecule has 0 bridgehead atoms. The van der Waals surface area contributed by atoms with Gasteiger partial charge in [-0.3, -0.25) is 14.6 Å². The lowest BCUT2D eigenvalue weighted by molar-refractivity contribution is -0.137. The van der Waals surface area contributed by atoms with Gasteiger partial charge in [-0.1, -0.05) is 25.1 Å². The molecular formula is C21H28FN3O3. The largest absolute Gasteiger partial charge is 0.481 e. The fraction of sp³-hybridized carbons (Fsp3) is 0.381. The predicted octanol–water partition coefficient (Wildman–Crippen LogP) is 3.68. The molecule has 6 nitrogen and oxygen atoms in total. The summed E-state index contributed by atoms with van der Waals surface area (Å²) in [7, 11) is 0. The van der Waals surface area contributed by atoms with Gasteiger partial charge in [-0.15, -0.1) is 0 Å². The van der Waals surface area contributed by atoms with Gasteiger partial charge in [-0.25, -0.2) is 4.39 Å². The molecule has 0 heterocycles. The van der Waals surface area contributed by atoms with Crippen LogP contribution in [0.1, 0.15) is 51.0 Å². The summed E-state index contributed by atoms with van der Waals surface area (Å²) < 4.78 is 13.0. The minimum Gasteiger partial charge on any atom is -0.481 e. The number of amides is 1. The van der Waals surface area contributed by atoms with E-state index in [1.165, 1.54) is 12.1 Å². The number of allylic oxidation sites excluding steroid dienone is 1. The Balaban J connectivity index is 2.79. The van der Waals surface area contributed by atoms with Crippen molar-refractivity contribution in [3.05, 3.63) is 59.2 Å². The molecule has 0 spiro atoms. The highest BCUT2D eigenvalue weighted by Gasteiger charge is 2.05. The number of carbonyl (C=O) groups excluding carboxylic acids is 1. The normalized spacial score (nSPS) is 12.4. The molecule has 0 aromatic heterocycles. The van der Waals surface area contributed by atoms with Gasteiger partial charge in [0.25, 0.3) is 0 Å². The van der Waals surface area contributed by atoms with Gasteiger partial charge in [0.15, 0.2) is 0 Å². The van der Waals surface area contributed by atoms with Crippen molar-refractivity contribution in [1.82, 2.24) is 5.32 Å². The van der Waals surface area contributed by atoms with Crippen LogP contribution in [0.5, 0.6) is 0 Å². The highest BCUT2D eigenvalue weighted by molar-refractivity contribution is 5.75. The molecular weight excluding hydrogens is 361 g/mol. The molecule has 1 amide bonds. The second kappa shape index (κ2) is 13.2. The van der Waals surface area contributed by atoms with Crippen LogP contribution >= 0.6 is 0 Å². The molecule has 0 aliphatic heterocycles. The molecule has 0 saturated carbocycles. The summed E-state index contributed by atoms with van der Waals surface area (Å²) in [5.41, 5.74) is 7.52. The zero-order valence-electron chi connectivity index (χ0n) is 16.2. The maximum Gasteiger partial charge on any atom is 0.303 e. The van der Waals surface area contributed by atoms with E-state index in [2.05, 4.69) is 10.3 Å². The Bertz CT molecular complexity index is 725. The summed E-state index contributed by atoms with van der Waals surface area (Å²) in [6, 6.07) is 6.20. The average Bonchev–Trinajstić information content (AvgIpc) is 2.65. The van der Waals surface area contributed by atoms with E-state index in [1.54, 1.807) is 24.4 Å². The number of nitrogens with two attached hydrogens (primary N) is 1. The number of nitrogens with zero attached hydrogens (tertiary/aromatic N) is 1. The van der Waals surface area contributed by atoms with Gasteiger partial charge in [0.05, 0.1) is 11.4 Å². The van der Waals surface area contributed by atoms with Crippen molar-refractivity contribution in [2.45, 2.75) is 52.0 Å². The number of halogens is 1. The Labute approximate surface area is 165 Å². The van der Waals surface area contributed by atoms with E-state index in [9.17, 15) is 14.0 Å². The van der Waals surface area contributed by atoms with Gasteiger partial charge in [0, 0.05) is 25.6 Å². The van der Waals surface area contributed by atoms with Crippen molar-refractivity contribution in [2.24, 2.45) is 10.7 Å². The summed E-state index contributed by atoms with van der Waals surface area (Å²) in [4.78, 5) is 26.2. The van der Waals surface area contributed by atoms with Gasteiger partial charge in [-0.2, -0.15) is 0 Å². The van der Waals surface area contributed by atoms with Crippen LogP contribution in [0.2, 0.25) is 0 Å². The minimum absolute atomic E-state index is 0.0605. The van der Waals surface area contributed by atoms with E-state index in [1.807, 2.05) is 13.0 Å². The number of hydrogen-bond donors (Lipinski definition) is 3. The molecule has 28 heavy (non-hydrogen) atoms. The lowest BCUT2D eigenvalue weighted by atomic mass is 10.2. The van der Waals surface area contributed by atoms with Crippen molar-refractivity contribution < 1.29 is 19.1 Å². The second-order valence-corrected chi connectivity index (χ2v) is 6.22. The standard InChI is InChI=1S/C21H28FN3O3/c1-2-6-18(25-15-16-8-10-17(22)11-9-16)19(12-13-20(23)26)24-14-5-3-4-7-21(27)28/h6,8-12,14,25H,2-5,7,13,15H2,1H3,(H2,23,26)(H,27,28)/b18-6+,19-12+,24-14+. The van der Waals surface area contributed by atoms with Crippen LogP contribution in [-0.2, 0) is 16.1 Å². The number of benzene rings is 1. The summed E-state index contributed by atoms with van der Waals surface area (Å²) in [6.07, 6.45) is 8.23. The van der Waals surface area contributed by atoms with E-state index in [-0.39, 0.29) is 18.7 Å². The summed E-state index contributed by atoms with van der Waals surface area (Å²) in [5, 5.41) is 11.9. The zero-order valence-corrected chi connectivity index (χ0v) is 16.2. The first-order valence-electron chi connectivity index (χ1n) is 9.34. The van der Waals surface area contributed by atoms with Crippen LogP contribution in [0.15, 0.2) is 52.8 Å². The topological polar surface area (TPSA) is 105 Å². The van der Waals surface area contributed by atoms with Gasteiger partial charge >= 0.3 is 5.97 Å². The van der Waals surface area contributed by atoms with Gasteiger partial charge < -0.3 is 16.2 Å². The zero-order chi connectivity index (χ0) is 20.8. The fourth-order valence-corrected chi connectivity index (χ4v) is 2.38. The minimum atomic E-state index is -0.808. The molecule has 7 heteroatoms. The molecule has 0 aliphatic carbocycles. The van der Waals surface area contributed by atoms with Crippen molar-refractivity contribution in [2.75, 3.05) is 0 Å². The van der Waals surface area contributed by atoms with E-state index in [4.69, 9.17) is 10.8 Å². The van der Waals surface area contributed by atoms with Crippen LogP contribution in [0.25, 0.3) is 0 Å². The molecule has 4 N–H and O–H groups in total. The maximum atomic E-state index is 13.0. The summed E-state index contributed by atoms with van der Waals surface area (Å²) in [5.74, 6) is -1.55. The highest BCUT2D eigenvalue weighted by atomic mass is 19.1. The van der Waals surface area contributed by atoms with Gasteiger partial charge in [-0.05, 0) is 49.5 Å². The number of aliphatic carboxylic acids is 1. The SMILES string of the molecule is CC\C=C(NCc1ccc(F)cc1)/C(=C\CC(N)=O)/N=C/CCCCC(=O)O. The number of hydrogen-bond acceptors (Lipinski definition) is 4. The lowest BCUT2D eigenvalue weighted by Gasteiger charge is -2.12. The number of aliphatic imine (C=N–C) groups is 1. The molecule has 0 unspecified atom stereocenters. The Morgan fingerprint density at radius 1 is 1.21 bits per heavy atom. The Morgan fingerprint density at radius 2 is 1.93 bits per heavy atom. The first-order chi connectivity index (χ1) is 13.4. The molecule has 0 aliphatic rings. The monoisotopic (exact) mass is 389 g/mol. The van der Waals surface area contributed by atoms with Gasteiger partial charge in [0.2, 0.25) is 5.91 Å². The number of rotatable bonds is 13. The Hall–Kier alpha value is -2.96. The molecule has 1 aromatic carbocycles. The number of carboxylic acid groups (broad SMARTS) is 1. The highest BCUT2D eigenvalue weighted by Crippen LogP contribution is 2.13. The predicted molar refractivity (Wildman–Crippen MR) is 108 cm³/mol. The molecule has 0 fully saturated rings. The fourth-order valence-electron chi connectivity index (χ4n) is 2.38. The number of primary amides is 1. The van der Waals surface area contributed by atoms with Crippen molar-refractivity contribution in [1.29, 1.82) is 0 Å². The van der Waals surface area contributed by atoms with Crippen LogP contribution in [0, 0.1) is 5.82 Å². The molecule has 0 radical (unpaired) electrons. The smallest absolute Gasteiger partial charge is 0.303 e. The molecule has 152 valence electrons. The van der Waals surface area contributed by atoms with Gasteiger partial charge in [0.1, 0.15) is 5.82 Å². The summed E-state index contributed by atoms with van der Waals surface area (Å²) in [6.45, 7) is 2.47.